The summed E-state index contributed by atoms with van der Waals surface area (Å²) in [5.74, 6) is 0.329. The molecule has 200 valence electrons. The van der Waals surface area contributed by atoms with E-state index in [0.717, 1.165) is 12.3 Å². The summed E-state index contributed by atoms with van der Waals surface area (Å²) in [7, 11) is 1.53. The first-order valence-corrected chi connectivity index (χ1v) is 12.1. The number of nitrogens with zero attached hydrogens (tertiary/aromatic N) is 1. The smallest absolute Gasteiger partial charge is 0.418 e. The molecule has 1 amide bonds. The number of benzene rings is 4. The monoisotopic (exact) mass is 542 g/mol. The number of nitrogens with one attached hydrogen (secondary N) is 1. The summed E-state index contributed by atoms with van der Waals surface area (Å²) in [5.41, 5.74) is 0.333. The molecule has 0 aliphatic rings. The van der Waals surface area contributed by atoms with Crippen LogP contribution in [0, 0.1) is 0 Å². The molecule has 0 fully saturated rings. The number of ether oxygens (including phenoxy) is 2. The Hall–Kier alpha value is -5.18. The SMILES string of the molecule is COc1ccc(NC(=O)Oc2cccc(-c3c(C(=O)c4ccccc4)cnc4c(C(F)(F)F)cccc34)c2)cc1. The Bertz CT molecular complexity index is 1700. The lowest BCUT2D eigenvalue weighted by molar-refractivity contribution is -0.136. The van der Waals surface area contributed by atoms with E-state index in [-0.39, 0.29) is 27.8 Å². The molecule has 0 saturated carbocycles. The fourth-order valence-corrected chi connectivity index (χ4v) is 4.32. The van der Waals surface area contributed by atoms with Crippen molar-refractivity contribution in [1.29, 1.82) is 0 Å². The second-order valence-corrected chi connectivity index (χ2v) is 8.71. The standard InChI is InChI=1S/C31H21F3N2O4/c1-39-22-15-13-21(14-16-22)36-30(38)40-23-10-5-9-20(17-23)27-24-11-6-12-26(31(32,33)34)28(24)35-18-25(27)29(37)19-7-3-2-4-8-19/h2-18H,1H3,(H,36,38). The Morgan fingerprint density at radius 2 is 1.55 bits per heavy atom. The summed E-state index contributed by atoms with van der Waals surface area (Å²) in [5, 5.41) is 2.74. The second kappa shape index (κ2) is 10.9. The maximum absolute atomic E-state index is 13.8. The number of rotatable bonds is 6. The molecule has 0 radical (unpaired) electrons. The highest BCUT2D eigenvalue weighted by Crippen LogP contribution is 2.39. The van der Waals surface area contributed by atoms with Crippen LogP contribution in [0.3, 0.4) is 0 Å². The number of pyridine rings is 1. The summed E-state index contributed by atoms with van der Waals surface area (Å²) in [6.07, 6.45) is -4.27. The topological polar surface area (TPSA) is 77.5 Å². The van der Waals surface area contributed by atoms with Crippen LogP contribution in [0.4, 0.5) is 23.7 Å². The van der Waals surface area contributed by atoms with Crippen molar-refractivity contribution < 1.29 is 32.2 Å². The molecule has 0 atom stereocenters. The molecule has 0 aliphatic heterocycles. The minimum Gasteiger partial charge on any atom is -0.497 e. The minimum atomic E-state index is -4.65. The quantitative estimate of drug-likeness (QED) is 0.222. The molecule has 0 unspecified atom stereocenters. The number of amides is 1. The van der Waals surface area contributed by atoms with Gasteiger partial charge in [0.05, 0.1) is 18.2 Å². The van der Waals surface area contributed by atoms with Crippen molar-refractivity contribution in [3.8, 4) is 22.6 Å². The number of anilines is 1. The fourth-order valence-electron chi connectivity index (χ4n) is 4.32. The maximum Gasteiger partial charge on any atom is 0.418 e. The number of halogens is 3. The van der Waals surface area contributed by atoms with Gasteiger partial charge in [0.1, 0.15) is 11.5 Å². The molecule has 1 N–H and O–H groups in total. The highest BCUT2D eigenvalue weighted by molar-refractivity contribution is 6.16. The molecule has 0 spiro atoms. The molecular weight excluding hydrogens is 521 g/mol. The van der Waals surface area contributed by atoms with Gasteiger partial charge >= 0.3 is 12.3 Å². The van der Waals surface area contributed by atoms with E-state index >= 15 is 0 Å². The van der Waals surface area contributed by atoms with Crippen LogP contribution in [0.2, 0.25) is 0 Å². The van der Waals surface area contributed by atoms with Crippen molar-refractivity contribution >= 4 is 28.5 Å². The van der Waals surface area contributed by atoms with Crippen LogP contribution in [0.25, 0.3) is 22.0 Å². The Labute approximate surface area is 227 Å². The van der Waals surface area contributed by atoms with E-state index in [2.05, 4.69) is 10.3 Å². The molecule has 6 nitrogen and oxygen atoms in total. The Kier molecular flexibility index (Phi) is 7.20. The van der Waals surface area contributed by atoms with Gasteiger partial charge < -0.3 is 9.47 Å². The van der Waals surface area contributed by atoms with E-state index in [1.165, 1.54) is 31.4 Å². The van der Waals surface area contributed by atoms with Gasteiger partial charge in [0.15, 0.2) is 5.78 Å². The first-order valence-electron chi connectivity index (χ1n) is 12.1. The average Bonchev–Trinajstić information content (AvgIpc) is 2.96. The van der Waals surface area contributed by atoms with Gasteiger partial charge in [-0.2, -0.15) is 13.2 Å². The van der Waals surface area contributed by atoms with Crippen molar-refractivity contribution in [3.63, 3.8) is 0 Å². The van der Waals surface area contributed by atoms with E-state index in [1.807, 2.05) is 0 Å². The Morgan fingerprint density at radius 1 is 0.825 bits per heavy atom. The lowest BCUT2D eigenvalue weighted by Crippen LogP contribution is -2.16. The van der Waals surface area contributed by atoms with Crippen LogP contribution in [-0.2, 0) is 6.18 Å². The molecule has 5 rings (SSSR count). The molecule has 0 aliphatic carbocycles. The molecule has 9 heteroatoms. The third-order valence-electron chi connectivity index (χ3n) is 6.15. The van der Waals surface area contributed by atoms with E-state index in [1.54, 1.807) is 66.7 Å². The molecule has 0 saturated heterocycles. The van der Waals surface area contributed by atoms with E-state index in [9.17, 15) is 22.8 Å². The minimum absolute atomic E-state index is 0.109. The number of hydrogen-bond acceptors (Lipinski definition) is 5. The van der Waals surface area contributed by atoms with Crippen molar-refractivity contribution in [2.45, 2.75) is 6.18 Å². The number of aromatic nitrogens is 1. The first-order chi connectivity index (χ1) is 19.2. The fraction of sp³-hybridized carbons (Fsp3) is 0.0645. The van der Waals surface area contributed by atoms with Crippen LogP contribution < -0.4 is 14.8 Å². The Balaban J connectivity index is 1.57. The van der Waals surface area contributed by atoms with Crippen LogP contribution in [-0.4, -0.2) is 24.0 Å². The average molecular weight is 543 g/mol. The van der Waals surface area contributed by atoms with E-state index < -0.39 is 23.6 Å². The van der Waals surface area contributed by atoms with E-state index in [0.29, 0.717) is 22.6 Å². The number of carbonyl (C=O) groups is 2. The summed E-state index contributed by atoms with van der Waals surface area (Å²) >= 11 is 0. The summed E-state index contributed by atoms with van der Waals surface area (Å²) < 4.78 is 52.0. The van der Waals surface area contributed by atoms with Gasteiger partial charge in [-0.1, -0.05) is 54.6 Å². The molecule has 40 heavy (non-hydrogen) atoms. The molecule has 5 aromatic rings. The number of methoxy groups -OCH3 is 1. The summed E-state index contributed by atoms with van der Waals surface area (Å²) in [4.78, 5) is 30.1. The molecule has 1 aromatic heterocycles. The van der Waals surface area contributed by atoms with Gasteiger partial charge in [0, 0.05) is 34.0 Å². The predicted molar refractivity (Wildman–Crippen MR) is 145 cm³/mol. The number of alkyl halides is 3. The largest absolute Gasteiger partial charge is 0.497 e. The summed E-state index contributed by atoms with van der Waals surface area (Å²) in [6, 6.07) is 24.9. The normalized spacial score (nSPS) is 11.2. The molecular formula is C31H21F3N2O4. The Morgan fingerprint density at radius 3 is 2.25 bits per heavy atom. The van der Waals surface area contributed by atoms with Crippen molar-refractivity contribution in [2.75, 3.05) is 12.4 Å². The lowest BCUT2D eigenvalue weighted by atomic mass is 9.91. The second-order valence-electron chi connectivity index (χ2n) is 8.71. The van der Waals surface area contributed by atoms with Gasteiger partial charge in [-0.05, 0) is 48.0 Å². The summed E-state index contributed by atoms with van der Waals surface area (Å²) in [6.45, 7) is 0. The van der Waals surface area contributed by atoms with Crippen LogP contribution in [0.15, 0.2) is 103 Å². The van der Waals surface area contributed by atoms with Gasteiger partial charge in [-0.25, -0.2) is 4.79 Å². The van der Waals surface area contributed by atoms with Crippen LogP contribution in [0.1, 0.15) is 21.5 Å². The lowest BCUT2D eigenvalue weighted by Gasteiger charge is -2.16. The zero-order valence-electron chi connectivity index (χ0n) is 21.0. The van der Waals surface area contributed by atoms with Crippen molar-refractivity contribution in [1.82, 2.24) is 4.98 Å². The van der Waals surface area contributed by atoms with Gasteiger partial charge in [0.2, 0.25) is 0 Å². The van der Waals surface area contributed by atoms with E-state index in [4.69, 9.17) is 9.47 Å². The molecule has 0 bridgehead atoms. The number of carbonyl (C=O) groups excluding carboxylic acids is 2. The zero-order chi connectivity index (χ0) is 28.3. The third-order valence-corrected chi connectivity index (χ3v) is 6.15. The number of para-hydroxylation sites is 1. The van der Waals surface area contributed by atoms with Gasteiger partial charge in [0.25, 0.3) is 0 Å². The van der Waals surface area contributed by atoms with Crippen LogP contribution >= 0.6 is 0 Å². The highest BCUT2D eigenvalue weighted by Gasteiger charge is 2.34. The number of fused-ring (bicyclic) bond motifs is 1. The number of hydrogen-bond donors (Lipinski definition) is 1. The highest BCUT2D eigenvalue weighted by atomic mass is 19.4. The van der Waals surface area contributed by atoms with Crippen molar-refractivity contribution in [3.05, 3.63) is 120 Å². The first kappa shape index (κ1) is 26.4. The molecule has 1 heterocycles. The zero-order valence-corrected chi connectivity index (χ0v) is 21.0. The third kappa shape index (κ3) is 5.49. The van der Waals surface area contributed by atoms with Gasteiger partial charge in [-0.15, -0.1) is 0 Å². The van der Waals surface area contributed by atoms with Crippen molar-refractivity contribution in [2.24, 2.45) is 0 Å². The maximum atomic E-state index is 13.8. The van der Waals surface area contributed by atoms with Crippen LogP contribution in [0.5, 0.6) is 11.5 Å². The molecule has 4 aromatic carbocycles. The van der Waals surface area contributed by atoms with Gasteiger partial charge in [-0.3, -0.25) is 15.1 Å². The predicted octanol–water partition coefficient (Wildman–Crippen LogP) is 7.77. The number of ketones is 1.